The Bertz CT molecular complexity index is 391. The first-order valence-corrected chi connectivity index (χ1v) is 8.41. The van der Waals surface area contributed by atoms with Gasteiger partial charge in [-0.25, -0.2) is 0 Å². The number of ether oxygens (including phenoxy) is 1. The Hall–Kier alpha value is -0.820. The molecule has 0 N–H and O–H groups in total. The van der Waals surface area contributed by atoms with E-state index in [1.165, 1.54) is 0 Å². The van der Waals surface area contributed by atoms with Crippen LogP contribution in [0, 0.1) is 11.8 Å². The van der Waals surface area contributed by atoms with Gasteiger partial charge in [0.15, 0.2) is 0 Å². The van der Waals surface area contributed by atoms with Gasteiger partial charge in [-0.05, 0) is 31.1 Å². The van der Waals surface area contributed by atoms with Gasteiger partial charge in [-0.2, -0.15) is 13.2 Å². The predicted octanol–water partition coefficient (Wildman–Crippen LogP) is 2.53. The average molecular weight is 336 g/mol. The molecule has 2 fully saturated rings. The van der Waals surface area contributed by atoms with Crippen molar-refractivity contribution in [3.05, 3.63) is 0 Å². The number of hydrogen-bond acceptors (Lipinski definition) is 3. The fourth-order valence-electron chi connectivity index (χ4n) is 3.03. The first-order valence-electron chi connectivity index (χ1n) is 8.41. The van der Waals surface area contributed by atoms with Crippen molar-refractivity contribution in [3.63, 3.8) is 0 Å². The molecule has 0 aromatic heterocycles. The second-order valence-corrected chi connectivity index (χ2v) is 7.17. The molecule has 0 aromatic carbocycles. The molecule has 2 rings (SSSR count). The fraction of sp³-hybridized carbons (Fsp3) is 0.938. The third kappa shape index (κ3) is 6.67. The van der Waals surface area contributed by atoms with E-state index in [4.69, 9.17) is 4.74 Å². The Labute approximate surface area is 135 Å². The number of amides is 1. The van der Waals surface area contributed by atoms with E-state index in [1.807, 2.05) is 13.8 Å². The Morgan fingerprint density at radius 1 is 1.26 bits per heavy atom. The molecule has 1 amide bonds. The first kappa shape index (κ1) is 18.5. The SMILES string of the molecule is CC(C)CN(CC(F)(F)F)C(=O)CN(CC1CCOC1)C1CC1. The predicted molar refractivity (Wildman–Crippen MR) is 81.0 cm³/mol. The van der Waals surface area contributed by atoms with Crippen LogP contribution in [0.15, 0.2) is 0 Å². The summed E-state index contributed by atoms with van der Waals surface area (Å²) in [5, 5.41) is 0. The second kappa shape index (κ2) is 7.83. The van der Waals surface area contributed by atoms with E-state index < -0.39 is 18.6 Å². The lowest BCUT2D eigenvalue weighted by atomic mass is 10.1. The zero-order valence-electron chi connectivity index (χ0n) is 13.9. The van der Waals surface area contributed by atoms with Crippen LogP contribution in [0.4, 0.5) is 13.2 Å². The van der Waals surface area contributed by atoms with Crippen LogP contribution in [0.25, 0.3) is 0 Å². The lowest BCUT2D eigenvalue weighted by Crippen LogP contribution is -2.47. The molecule has 1 unspecified atom stereocenters. The molecule has 0 aromatic rings. The van der Waals surface area contributed by atoms with Crippen molar-refractivity contribution < 1.29 is 22.7 Å². The number of halogens is 3. The topological polar surface area (TPSA) is 32.8 Å². The third-order valence-corrected chi connectivity index (χ3v) is 4.23. The summed E-state index contributed by atoms with van der Waals surface area (Å²) >= 11 is 0. The minimum absolute atomic E-state index is 0.0129. The molecule has 0 bridgehead atoms. The first-order chi connectivity index (χ1) is 10.7. The molecule has 1 heterocycles. The van der Waals surface area contributed by atoms with Crippen LogP contribution in [0.3, 0.4) is 0 Å². The maximum absolute atomic E-state index is 12.7. The van der Waals surface area contributed by atoms with E-state index in [-0.39, 0.29) is 19.0 Å². The summed E-state index contributed by atoms with van der Waals surface area (Å²) < 4.78 is 43.5. The molecule has 0 radical (unpaired) electrons. The van der Waals surface area contributed by atoms with Crippen LogP contribution in [-0.2, 0) is 9.53 Å². The molecule has 1 aliphatic carbocycles. The standard InChI is InChI=1S/C16H27F3N2O2/c1-12(2)7-21(11-16(17,18)19)15(22)9-20(14-3-4-14)8-13-5-6-23-10-13/h12-14H,3-11H2,1-2H3. The van der Waals surface area contributed by atoms with Gasteiger partial charge in [0.2, 0.25) is 5.91 Å². The summed E-state index contributed by atoms with van der Waals surface area (Å²) in [5.74, 6) is -0.00897. The third-order valence-electron chi connectivity index (χ3n) is 4.23. The zero-order valence-corrected chi connectivity index (χ0v) is 13.9. The molecule has 1 atom stereocenters. The van der Waals surface area contributed by atoms with Crippen LogP contribution >= 0.6 is 0 Å². The second-order valence-electron chi connectivity index (χ2n) is 7.17. The van der Waals surface area contributed by atoms with Gasteiger partial charge in [-0.3, -0.25) is 9.69 Å². The highest BCUT2D eigenvalue weighted by atomic mass is 19.4. The van der Waals surface area contributed by atoms with Crippen molar-refractivity contribution in [2.75, 3.05) is 39.4 Å². The monoisotopic (exact) mass is 336 g/mol. The van der Waals surface area contributed by atoms with Crippen LogP contribution in [0.5, 0.6) is 0 Å². The summed E-state index contributed by atoms with van der Waals surface area (Å²) in [6.07, 6.45) is -1.32. The summed E-state index contributed by atoms with van der Waals surface area (Å²) in [6.45, 7) is 4.90. The van der Waals surface area contributed by atoms with Crippen LogP contribution < -0.4 is 0 Å². The number of alkyl halides is 3. The van der Waals surface area contributed by atoms with Crippen molar-refractivity contribution in [3.8, 4) is 0 Å². The van der Waals surface area contributed by atoms with E-state index in [0.29, 0.717) is 18.6 Å². The van der Waals surface area contributed by atoms with Crippen molar-refractivity contribution in [2.24, 2.45) is 11.8 Å². The summed E-state index contributed by atoms with van der Waals surface area (Å²) in [6, 6.07) is 0.353. The smallest absolute Gasteiger partial charge is 0.381 e. The maximum atomic E-state index is 12.7. The molecule has 2 aliphatic rings. The van der Waals surface area contributed by atoms with E-state index in [0.717, 1.165) is 37.3 Å². The average Bonchev–Trinajstić information content (AvgIpc) is 3.13. The Kier molecular flexibility index (Phi) is 6.31. The summed E-state index contributed by atoms with van der Waals surface area (Å²) in [4.78, 5) is 15.5. The van der Waals surface area contributed by atoms with E-state index in [1.54, 1.807) is 0 Å². The quantitative estimate of drug-likeness (QED) is 0.683. The molecule has 1 aliphatic heterocycles. The van der Waals surface area contributed by atoms with E-state index in [2.05, 4.69) is 4.90 Å². The fourth-order valence-corrected chi connectivity index (χ4v) is 3.03. The largest absolute Gasteiger partial charge is 0.406 e. The van der Waals surface area contributed by atoms with Crippen LogP contribution in [-0.4, -0.2) is 67.3 Å². The number of rotatable bonds is 8. The molecule has 134 valence electrons. The van der Waals surface area contributed by atoms with Crippen LogP contribution in [0.1, 0.15) is 33.1 Å². The minimum Gasteiger partial charge on any atom is -0.381 e. The molecular formula is C16H27F3N2O2. The van der Waals surface area contributed by atoms with Gasteiger partial charge < -0.3 is 9.64 Å². The van der Waals surface area contributed by atoms with Crippen molar-refractivity contribution >= 4 is 5.91 Å². The maximum Gasteiger partial charge on any atom is 0.406 e. The molecular weight excluding hydrogens is 309 g/mol. The number of hydrogen-bond donors (Lipinski definition) is 0. The van der Waals surface area contributed by atoms with Gasteiger partial charge >= 0.3 is 6.18 Å². The van der Waals surface area contributed by atoms with Crippen molar-refractivity contribution in [1.29, 1.82) is 0 Å². The Morgan fingerprint density at radius 3 is 2.43 bits per heavy atom. The van der Waals surface area contributed by atoms with Crippen molar-refractivity contribution in [2.45, 2.75) is 45.3 Å². The van der Waals surface area contributed by atoms with Gasteiger partial charge in [0.05, 0.1) is 13.2 Å². The molecule has 1 saturated heterocycles. The highest BCUT2D eigenvalue weighted by Crippen LogP contribution is 2.29. The molecule has 23 heavy (non-hydrogen) atoms. The molecule has 1 saturated carbocycles. The Balaban J connectivity index is 1.93. The van der Waals surface area contributed by atoms with Crippen LogP contribution in [0.2, 0.25) is 0 Å². The van der Waals surface area contributed by atoms with Gasteiger partial charge in [-0.15, -0.1) is 0 Å². The molecule has 7 heteroatoms. The summed E-state index contributed by atoms with van der Waals surface area (Å²) in [7, 11) is 0. The van der Waals surface area contributed by atoms with Gasteiger partial charge in [0.1, 0.15) is 6.54 Å². The normalized spacial score (nSPS) is 22.1. The number of carbonyl (C=O) groups is 1. The lowest BCUT2D eigenvalue weighted by molar-refractivity contribution is -0.163. The molecule has 0 spiro atoms. The van der Waals surface area contributed by atoms with Gasteiger partial charge in [0, 0.05) is 25.7 Å². The van der Waals surface area contributed by atoms with E-state index >= 15 is 0 Å². The highest BCUT2D eigenvalue weighted by molar-refractivity contribution is 5.78. The lowest BCUT2D eigenvalue weighted by Gasteiger charge is -2.30. The Morgan fingerprint density at radius 2 is 1.96 bits per heavy atom. The minimum atomic E-state index is -4.35. The van der Waals surface area contributed by atoms with Crippen molar-refractivity contribution in [1.82, 2.24) is 9.80 Å². The highest BCUT2D eigenvalue weighted by Gasteiger charge is 2.37. The number of carbonyl (C=O) groups excluding carboxylic acids is 1. The van der Waals surface area contributed by atoms with Gasteiger partial charge in [-0.1, -0.05) is 13.8 Å². The number of nitrogens with zero attached hydrogens (tertiary/aromatic N) is 2. The van der Waals surface area contributed by atoms with Gasteiger partial charge in [0.25, 0.3) is 0 Å². The molecule has 4 nitrogen and oxygen atoms in total. The summed E-state index contributed by atoms with van der Waals surface area (Å²) in [5.41, 5.74) is 0. The van der Waals surface area contributed by atoms with E-state index in [9.17, 15) is 18.0 Å². The zero-order chi connectivity index (χ0) is 17.0.